The van der Waals surface area contributed by atoms with Crippen molar-refractivity contribution in [1.29, 1.82) is 0 Å². The minimum absolute atomic E-state index is 0.0766. The van der Waals surface area contributed by atoms with Crippen molar-refractivity contribution in [3.63, 3.8) is 0 Å². The minimum Gasteiger partial charge on any atom is -0.303 e. The van der Waals surface area contributed by atoms with Gasteiger partial charge in [-0.05, 0) is 37.3 Å². The van der Waals surface area contributed by atoms with Crippen LogP contribution in [0.5, 0.6) is 0 Å². The van der Waals surface area contributed by atoms with Gasteiger partial charge in [-0.1, -0.05) is 19.9 Å². The second kappa shape index (κ2) is 7.35. The van der Waals surface area contributed by atoms with Gasteiger partial charge in [0.2, 0.25) is 0 Å². The number of benzene rings is 1. The van der Waals surface area contributed by atoms with Crippen molar-refractivity contribution in [2.24, 2.45) is 0 Å². The molecule has 0 amide bonds. The molecule has 0 saturated carbocycles. The largest absolute Gasteiger partial charge is 0.303 e. The van der Waals surface area contributed by atoms with Crippen molar-refractivity contribution in [2.45, 2.75) is 20.8 Å². The SMILES string of the molecule is CC.Cc1c(C=O)ncn1-c1ccc(-n2ccccc2=O)cc1. The van der Waals surface area contributed by atoms with Gasteiger partial charge in [-0.25, -0.2) is 4.98 Å². The van der Waals surface area contributed by atoms with Crippen LogP contribution in [-0.2, 0) is 0 Å². The number of pyridine rings is 1. The van der Waals surface area contributed by atoms with Crippen molar-refractivity contribution in [3.8, 4) is 11.4 Å². The highest BCUT2D eigenvalue weighted by molar-refractivity contribution is 5.73. The first-order valence-corrected chi connectivity index (χ1v) is 7.48. The highest BCUT2D eigenvalue weighted by Gasteiger charge is 2.07. The molecule has 0 saturated heterocycles. The van der Waals surface area contributed by atoms with Crippen LogP contribution < -0.4 is 5.56 Å². The first-order chi connectivity index (χ1) is 11.2. The van der Waals surface area contributed by atoms with Gasteiger partial charge >= 0.3 is 0 Å². The third-order valence-electron chi connectivity index (χ3n) is 3.38. The van der Waals surface area contributed by atoms with Gasteiger partial charge in [-0.15, -0.1) is 0 Å². The Morgan fingerprint density at radius 3 is 2.09 bits per heavy atom. The lowest BCUT2D eigenvalue weighted by Crippen LogP contribution is -2.15. The Balaban J connectivity index is 0.000000924. The Labute approximate surface area is 134 Å². The van der Waals surface area contributed by atoms with E-state index in [0.29, 0.717) is 5.69 Å². The molecule has 0 unspecified atom stereocenters. The number of hydrogen-bond acceptors (Lipinski definition) is 3. The minimum atomic E-state index is -0.0766. The zero-order valence-corrected chi connectivity index (χ0v) is 13.4. The second-order valence-corrected chi connectivity index (χ2v) is 4.63. The predicted octanol–water partition coefficient (Wildman–Crippen LogP) is 3.17. The smallest absolute Gasteiger partial charge is 0.255 e. The monoisotopic (exact) mass is 309 g/mol. The lowest BCUT2D eigenvalue weighted by atomic mass is 10.2. The molecule has 2 heterocycles. The molecule has 0 aliphatic rings. The first kappa shape index (κ1) is 16.4. The first-order valence-electron chi connectivity index (χ1n) is 7.48. The Morgan fingerprint density at radius 2 is 1.57 bits per heavy atom. The number of nitrogens with zero attached hydrogens (tertiary/aromatic N) is 3. The van der Waals surface area contributed by atoms with Gasteiger partial charge in [0, 0.05) is 23.6 Å². The molecule has 23 heavy (non-hydrogen) atoms. The van der Waals surface area contributed by atoms with Gasteiger partial charge in [0.15, 0.2) is 6.29 Å². The van der Waals surface area contributed by atoms with Gasteiger partial charge in [0.1, 0.15) is 12.0 Å². The molecule has 118 valence electrons. The van der Waals surface area contributed by atoms with Gasteiger partial charge in [-0.3, -0.25) is 14.2 Å². The number of imidazole rings is 1. The summed E-state index contributed by atoms with van der Waals surface area (Å²) in [4.78, 5) is 26.7. The van der Waals surface area contributed by atoms with E-state index in [1.165, 1.54) is 6.07 Å². The van der Waals surface area contributed by atoms with Gasteiger partial charge in [0.25, 0.3) is 5.56 Å². The van der Waals surface area contributed by atoms with E-state index >= 15 is 0 Å². The van der Waals surface area contributed by atoms with Crippen LogP contribution in [0.2, 0.25) is 0 Å². The number of aldehydes is 1. The van der Waals surface area contributed by atoms with Crippen LogP contribution in [0, 0.1) is 6.92 Å². The van der Waals surface area contributed by atoms with Crippen LogP contribution in [-0.4, -0.2) is 20.4 Å². The lowest BCUT2D eigenvalue weighted by Gasteiger charge is -2.08. The van der Waals surface area contributed by atoms with Crippen LogP contribution >= 0.6 is 0 Å². The molecule has 0 bridgehead atoms. The number of aromatic nitrogens is 3. The highest BCUT2D eigenvalue weighted by Crippen LogP contribution is 2.15. The van der Waals surface area contributed by atoms with Gasteiger partial charge < -0.3 is 4.57 Å². The highest BCUT2D eigenvalue weighted by atomic mass is 16.1. The van der Waals surface area contributed by atoms with E-state index in [4.69, 9.17) is 0 Å². The topological polar surface area (TPSA) is 56.9 Å². The number of carbonyl (C=O) groups is 1. The quantitative estimate of drug-likeness (QED) is 0.698. The fourth-order valence-electron chi connectivity index (χ4n) is 2.21. The molecule has 0 aliphatic heterocycles. The molecule has 1 aromatic carbocycles. The fourth-order valence-corrected chi connectivity index (χ4v) is 2.21. The summed E-state index contributed by atoms with van der Waals surface area (Å²) in [7, 11) is 0. The third-order valence-corrected chi connectivity index (χ3v) is 3.38. The molecule has 3 aromatic rings. The molecular formula is C18H19N3O2. The summed E-state index contributed by atoms with van der Waals surface area (Å²) in [5.41, 5.74) is 2.82. The average Bonchev–Trinajstić information content (AvgIpc) is 2.98. The summed E-state index contributed by atoms with van der Waals surface area (Å²) < 4.78 is 3.41. The van der Waals surface area contributed by atoms with Gasteiger partial charge in [-0.2, -0.15) is 0 Å². The van der Waals surface area contributed by atoms with Crippen molar-refractivity contribution in [2.75, 3.05) is 0 Å². The molecule has 0 fully saturated rings. The lowest BCUT2D eigenvalue weighted by molar-refractivity contribution is 0.111. The molecule has 0 atom stereocenters. The van der Waals surface area contributed by atoms with Crippen molar-refractivity contribution < 1.29 is 4.79 Å². The van der Waals surface area contributed by atoms with Crippen LogP contribution in [0.15, 0.2) is 59.8 Å². The normalized spacial score (nSPS) is 9.87. The summed E-state index contributed by atoms with van der Waals surface area (Å²) >= 11 is 0. The number of rotatable bonds is 3. The maximum Gasteiger partial charge on any atom is 0.255 e. The molecular weight excluding hydrogens is 290 g/mol. The van der Waals surface area contributed by atoms with E-state index in [1.54, 1.807) is 23.2 Å². The molecule has 5 heteroatoms. The molecule has 0 spiro atoms. The van der Waals surface area contributed by atoms with Crippen LogP contribution in [0.1, 0.15) is 30.0 Å². The van der Waals surface area contributed by atoms with E-state index in [2.05, 4.69) is 4.98 Å². The molecule has 0 radical (unpaired) electrons. The molecule has 0 aliphatic carbocycles. The van der Waals surface area contributed by atoms with Crippen molar-refractivity contribution in [3.05, 3.63) is 76.7 Å². The molecule has 0 N–H and O–H groups in total. The fraction of sp³-hybridized carbons (Fsp3) is 0.167. The summed E-state index contributed by atoms with van der Waals surface area (Å²) in [5.74, 6) is 0. The predicted molar refractivity (Wildman–Crippen MR) is 90.6 cm³/mol. The molecule has 2 aromatic heterocycles. The van der Waals surface area contributed by atoms with E-state index in [1.807, 2.05) is 55.7 Å². The Hall–Kier alpha value is -2.95. The van der Waals surface area contributed by atoms with E-state index in [0.717, 1.165) is 23.4 Å². The van der Waals surface area contributed by atoms with Crippen LogP contribution in [0.25, 0.3) is 11.4 Å². The zero-order valence-electron chi connectivity index (χ0n) is 13.4. The Bertz CT molecular complexity index is 845. The summed E-state index contributed by atoms with van der Waals surface area (Å²) in [6, 6.07) is 12.5. The van der Waals surface area contributed by atoms with Gasteiger partial charge in [0.05, 0.1) is 5.69 Å². The molecule has 3 rings (SSSR count). The Kier molecular flexibility index (Phi) is 5.25. The van der Waals surface area contributed by atoms with Crippen LogP contribution in [0.4, 0.5) is 0 Å². The van der Waals surface area contributed by atoms with Crippen molar-refractivity contribution in [1.82, 2.24) is 14.1 Å². The standard InChI is InChI=1S/C16H13N3O2.C2H6/c1-12-15(10-20)17-11-19(12)14-7-5-13(6-8-14)18-9-3-2-4-16(18)21;1-2/h2-11H,1H3;1-2H3. The zero-order chi connectivity index (χ0) is 16.8. The number of carbonyl (C=O) groups excluding carboxylic acids is 1. The average molecular weight is 309 g/mol. The maximum absolute atomic E-state index is 11.8. The Morgan fingerprint density at radius 1 is 0.957 bits per heavy atom. The van der Waals surface area contributed by atoms with Crippen LogP contribution in [0.3, 0.4) is 0 Å². The second-order valence-electron chi connectivity index (χ2n) is 4.63. The summed E-state index contributed by atoms with van der Waals surface area (Å²) in [5, 5.41) is 0. The van der Waals surface area contributed by atoms with E-state index < -0.39 is 0 Å². The third kappa shape index (κ3) is 3.29. The summed E-state index contributed by atoms with van der Waals surface area (Å²) in [6.45, 7) is 5.84. The maximum atomic E-state index is 11.8. The number of hydrogen-bond donors (Lipinski definition) is 0. The summed E-state index contributed by atoms with van der Waals surface area (Å²) in [6.07, 6.45) is 4.08. The van der Waals surface area contributed by atoms with E-state index in [-0.39, 0.29) is 5.56 Å². The van der Waals surface area contributed by atoms with Crippen molar-refractivity contribution >= 4 is 6.29 Å². The van der Waals surface area contributed by atoms with E-state index in [9.17, 15) is 9.59 Å². The molecule has 5 nitrogen and oxygen atoms in total.